The van der Waals surface area contributed by atoms with Crippen LogP contribution in [0.1, 0.15) is 45.8 Å². The number of carbonyl (C=O) groups is 1. The van der Waals surface area contributed by atoms with Crippen molar-refractivity contribution in [1.82, 2.24) is 10.3 Å². The molecule has 1 amide bonds. The second-order valence-corrected chi connectivity index (χ2v) is 5.94. The standard InChI is InChI=1S/C15H15FN2O2S/c16-11-4-2-1-3-10(11)12(19)7-17-15(20)14-13(9-5-6-9)18-8-21-14/h1-4,8-9,12,19H,5-7H2,(H,17,20). The van der Waals surface area contributed by atoms with E-state index >= 15 is 0 Å². The minimum atomic E-state index is -1.06. The second kappa shape index (κ2) is 5.91. The molecular weight excluding hydrogens is 291 g/mol. The number of aromatic nitrogens is 1. The first-order valence-electron chi connectivity index (χ1n) is 6.81. The molecule has 1 heterocycles. The van der Waals surface area contributed by atoms with Crippen LogP contribution in [-0.4, -0.2) is 22.5 Å². The molecule has 6 heteroatoms. The summed E-state index contributed by atoms with van der Waals surface area (Å²) in [5, 5.41) is 12.6. The molecule has 0 aliphatic heterocycles. The molecule has 2 aromatic rings. The van der Waals surface area contributed by atoms with Crippen LogP contribution in [-0.2, 0) is 0 Å². The number of halogens is 1. The fourth-order valence-electron chi connectivity index (χ4n) is 2.20. The summed E-state index contributed by atoms with van der Waals surface area (Å²) in [6.45, 7) is -0.0260. The van der Waals surface area contributed by atoms with Gasteiger partial charge in [0.05, 0.1) is 17.3 Å². The van der Waals surface area contributed by atoms with E-state index < -0.39 is 11.9 Å². The molecule has 0 bridgehead atoms. The Balaban J connectivity index is 1.63. The van der Waals surface area contributed by atoms with Gasteiger partial charge in [0.1, 0.15) is 10.7 Å². The largest absolute Gasteiger partial charge is 0.386 e. The zero-order chi connectivity index (χ0) is 14.8. The van der Waals surface area contributed by atoms with Crippen molar-refractivity contribution < 1.29 is 14.3 Å². The van der Waals surface area contributed by atoms with Crippen LogP contribution in [0.2, 0.25) is 0 Å². The molecule has 1 fully saturated rings. The summed E-state index contributed by atoms with van der Waals surface area (Å²) in [6, 6.07) is 6.00. The number of nitrogens with one attached hydrogen (secondary N) is 1. The molecule has 2 N–H and O–H groups in total. The van der Waals surface area contributed by atoms with E-state index in [0.717, 1.165) is 18.5 Å². The molecule has 21 heavy (non-hydrogen) atoms. The fraction of sp³-hybridized carbons (Fsp3) is 0.333. The lowest BCUT2D eigenvalue weighted by molar-refractivity contribution is 0.0917. The minimum Gasteiger partial charge on any atom is -0.386 e. The Morgan fingerprint density at radius 1 is 1.48 bits per heavy atom. The number of hydrogen-bond donors (Lipinski definition) is 2. The van der Waals surface area contributed by atoms with Crippen molar-refractivity contribution in [3.05, 3.63) is 51.7 Å². The Morgan fingerprint density at radius 2 is 2.24 bits per heavy atom. The Morgan fingerprint density at radius 3 is 2.95 bits per heavy atom. The Labute approximate surface area is 125 Å². The molecule has 1 unspecified atom stereocenters. The third-order valence-corrected chi connectivity index (χ3v) is 4.33. The molecule has 110 valence electrons. The van der Waals surface area contributed by atoms with Crippen LogP contribution in [0.25, 0.3) is 0 Å². The van der Waals surface area contributed by atoms with Crippen molar-refractivity contribution in [2.75, 3.05) is 6.54 Å². The molecule has 1 aromatic heterocycles. The highest BCUT2D eigenvalue weighted by Gasteiger charge is 2.30. The first-order chi connectivity index (χ1) is 10.2. The third-order valence-electron chi connectivity index (χ3n) is 3.49. The number of benzene rings is 1. The van der Waals surface area contributed by atoms with Crippen LogP contribution in [0.3, 0.4) is 0 Å². The highest BCUT2D eigenvalue weighted by molar-refractivity contribution is 7.11. The average Bonchev–Trinajstić information content (AvgIpc) is 3.22. The van der Waals surface area contributed by atoms with Gasteiger partial charge in [0.25, 0.3) is 5.91 Å². The van der Waals surface area contributed by atoms with Crippen LogP contribution < -0.4 is 5.32 Å². The van der Waals surface area contributed by atoms with E-state index in [1.54, 1.807) is 17.6 Å². The Bertz CT molecular complexity index is 655. The van der Waals surface area contributed by atoms with Gasteiger partial charge in [0.2, 0.25) is 0 Å². The summed E-state index contributed by atoms with van der Waals surface area (Å²) in [7, 11) is 0. The first kappa shape index (κ1) is 14.2. The molecule has 0 radical (unpaired) electrons. The van der Waals surface area contributed by atoms with E-state index in [2.05, 4.69) is 10.3 Å². The van der Waals surface area contributed by atoms with Crippen LogP contribution in [0, 0.1) is 5.82 Å². The van der Waals surface area contributed by atoms with Gasteiger partial charge in [-0.3, -0.25) is 4.79 Å². The maximum absolute atomic E-state index is 13.5. The van der Waals surface area contributed by atoms with Gasteiger partial charge in [-0.05, 0) is 18.9 Å². The van der Waals surface area contributed by atoms with Crippen LogP contribution in [0.4, 0.5) is 4.39 Å². The molecular formula is C15H15FN2O2S. The van der Waals surface area contributed by atoms with Crippen molar-refractivity contribution in [3.63, 3.8) is 0 Å². The number of aliphatic hydroxyl groups excluding tert-OH is 1. The molecule has 3 rings (SSSR count). The van der Waals surface area contributed by atoms with Crippen molar-refractivity contribution >= 4 is 17.2 Å². The maximum atomic E-state index is 13.5. The minimum absolute atomic E-state index is 0.0260. The summed E-state index contributed by atoms with van der Waals surface area (Å²) in [4.78, 5) is 17.0. The van der Waals surface area contributed by atoms with Crippen molar-refractivity contribution in [3.8, 4) is 0 Å². The van der Waals surface area contributed by atoms with Gasteiger partial charge in [-0.25, -0.2) is 9.37 Å². The van der Waals surface area contributed by atoms with E-state index in [1.165, 1.54) is 23.5 Å². The van der Waals surface area contributed by atoms with Crippen LogP contribution in [0.15, 0.2) is 29.8 Å². The first-order valence-corrected chi connectivity index (χ1v) is 7.69. The van der Waals surface area contributed by atoms with E-state index in [0.29, 0.717) is 10.8 Å². The maximum Gasteiger partial charge on any atom is 0.263 e. The number of rotatable bonds is 5. The van der Waals surface area contributed by atoms with Crippen molar-refractivity contribution in [2.45, 2.75) is 24.9 Å². The second-order valence-electron chi connectivity index (χ2n) is 5.09. The van der Waals surface area contributed by atoms with Gasteiger partial charge in [-0.1, -0.05) is 18.2 Å². The summed E-state index contributed by atoms with van der Waals surface area (Å²) in [5.41, 5.74) is 2.69. The zero-order valence-corrected chi connectivity index (χ0v) is 12.1. The van der Waals surface area contributed by atoms with E-state index in [4.69, 9.17) is 0 Å². The average molecular weight is 306 g/mol. The normalized spacial score (nSPS) is 15.7. The fourth-order valence-corrected chi connectivity index (χ4v) is 2.99. The summed E-state index contributed by atoms with van der Waals surface area (Å²) < 4.78 is 13.5. The predicted octanol–water partition coefficient (Wildman–Crippen LogP) is 2.62. The van der Waals surface area contributed by atoms with Gasteiger partial charge in [0, 0.05) is 18.0 Å². The van der Waals surface area contributed by atoms with Crippen molar-refractivity contribution in [2.24, 2.45) is 0 Å². The number of hydrogen-bond acceptors (Lipinski definition) is 4. The molecule has 1 aromatic carbocycles. The molecule has 0 saturated heterocycles. The zero-order valence-electron chi connectivity index (χ0n) is 11.3. The molecule has 4 nitrogen and oxygen atoms in total. The summed E-state index contributed by atoms with van der Waals surface area (Å²) in [5.74, 6) is -0.334. The van der Waals surface area contributed by atoms with Gasteiger partial charge in [0.15, 0.2) is 0 Å². The highest BCUT2D eigenvalue weighted by Crippen LogP contribution is 2.41. The highest BCUT2D eigenvalue weighted by atomic mass is 32.1. The summed E-state index contributed by atoms with van der Waals surface area (Å²) >= 11 is 1.30. The summed E-state index contributed by atoms with van der Waals surface area (Å²) in [6.07, 6.45) is 1.08. The number of amides is 1. The van der Waals surface area contributed by atoms with E-state index in [-0.39, 0.29) is 18.0 Å². The van der Waals surface area contributed by atoms with E-state index in [9.17, 15) is 14.3 Å². The number of aliphatic hydroxyl groups is 1. The number of carbonyl (C=O) groups excluding carboxylic acids is 1. The Hall–Kier alpha value is -1.79. The van der Waals surface area contributed by atoms with Gasteiger partial charge < -0.3 is 10.4 Å². The van der Waals surface area contributed by atoms with Crippen molar-refractivity contribution in [1.29, 1.82) is 0 Å². The quantitative estimate of drug-likeness (QED) is 0.892. The predicted molar refractivity (Wildman–Crippen MR) is 77.8 cm³/mol. The molecule has 1 aliphatic carbocycles. The topological polar surface area (TPSA) is 62.2 Å². The molecule has 1 atom stereocenters. The van der Waals surface area contributed by atoms with Gasteiger partial charge >= 0.3 is 0 Å². The lowest BCUT2D eigenvalue weighted by Crippen LogP contribution is -2.28. The number of thiazole rings is 1. The van der Waals surface area contributed by atoms with Crippen LogP contribution in [0.5, 0.6) is 0 Å². The monoisotopic (exact) mass is 306 g/mol. The Kier molecular flexibility index (Phi) is 3.98. The molecule has 1 aliphatic rings. The number of nitrogens with zero attached hydrogens (tertiary/aromatic N) is 1. The lowest BCUT2D eigenvalue weighted by atomic mass is 10.1. The lowest BCUT2D eigenvalue weighted by Gasteiger charge is -2.12. The SMILES string of the molecule is O=C(NCC(O)c1ccccc1F)c1scnc1C1CC1. The third kappa shape index (κ3) is 3.11. The molecule has 0 spiro atoms. The van der Waals surface area contributed by atoms with Crippen LogP contribution >= 0.6 is 11.3 Å². The van der Waals surface area contributed by atoms with Gasteiger partial charge in [-0.2, -0.15) is 0 Å². The smallest absolute Gasteiger partial charge is 0.263 e. The van der Waals surface area contributed by atoms with Gasteiger partial charge in [-0.15, -0.1) is 11.3 Å². The molecule has 1 saturated carbocycles. The van der Waals surface area contributed by atoms with E-state index in [1.807, 2.05) is 0 Å².